The molecule has 0 bridgehead atoms. The lowest BCUT2D eigenvalue weighted by Gasteiger charge is -2.13. The van der Waals surface area contributed by atoms with Gasteiger partial charge in [-0.3, -0.25) is 4.79 Å². The molecule has 6 heteroatoms. The second-order valence-corrected chi connectivity index (χ2v) is 6.29. The van der Waals surface area contributed by atoms with E-state index in [1.54, 1.807) is 18.3 Å². The number of methoxy groups -OCH3 is 3. The van der Waals surface area contributed by atoms with Gasteiger partial charge in [0.25, 0.3) is 0 Å². The van der Waals surface area contributed by atoms with Crippen molar-refractivity contribution in [3.8, 4) is 28.5 Å². The van der Waals surface area contributed by atoms with Crippen molar-refractivity contribution in [1.82, 2.24) is 9.97 Å². The van der Waals surface area contributed by atoms with Crippen LogP contribution in [-0.2, 0) is 0 Å². The van der Waals surface area contributed by atoms with E-state index in [9.17, 15) is 4.79 Å². The fourth-order valence-electron chi connectivity index (χ4n) is 3.35. The standard InChI is InChI=1S/C22H20N2O4/c1-26-19-9-13(10-20(27-2)22(19)28-3)21(25)14-8-18(23-11-14)16-12-24-17-7-5-4-6-15(16)17/h4-12,23-24H,1-3H3. The van der Waals surface area contributed by atoms with Crippen molar-refractivity contribution in [3.05, 3.63) is 66.0 Å². The van der Waals surface area contributed by atoms with Gasteiger partial charge in [-0.1, -0.05) is 18.2 Å². The normalized spacial score (nSPS) is 10.8. The quantitative estimate of drug-likeness (QED) is 0.489. The van der Waals surface area contributed by atoms with E-state index in [0.717, 1.165) is 22.2 Å². The fourth-order valence-corrected chi connectivity index (χ4v) is 3.35. The Kier molecular flexibility index (Phi) is 4.53. The zero-order chi connectivity index (χ0) is 19.7. The molecule has 0 radical (unpaired) electrons. The topological polar surface area (TPSA) is 76.3 Å². The minimum atomic E-state index is -0.137. The molecule has 4 rings (SSSR count). The first-order valence-corrected chi connectivity index (χ1v) is 8.76. The molecule has 0 atom stereocenters. The zero-order valence-electron chi connectivity index (χ0n) is 15.8. The van der Waals surface area contributed by atoms with Crippen molar-refractivity contribution in [1.29, 1.82) is 0 Å². The maximum Gasteiger partial charge on any atom is 0.203 e. The molecule has 0 saturated carbocycles. The molecule has 0 fully saturated rings. The molecule has 2 N–H and O–H groups in total. The van der Waals surface area contributed by atoms with Crippen molar-refractivity contribution in [2.45, 2.75) is 0 Å². The van der Waals surface area contributed by atoms with Gasteiger partial charge in [-0.15, -0.1) is 0 Å². The van der Waals surface area contributed by atoms with E-state index < -0.39 is 0 Å². The molecule has 0 aliphatic rings. The number of carbonyl (C=O) groups is 1. The summed E-state index contributed by atoms with van der Waals surface area (Å²) in [6.07, 6.45) is 3.65. The first-order valence-electron chi connectivity index (χ1n) is 8.76. The van der Waals surface area contributed by atoms with Crippen LogP contribution in [0.3, 0.4) is 0 Å². The Morgan fingerprint density at radius 1 is 0.821 bits per heavy atom. The molecule has 0 spiro atoms. The Morgan fingerprint density at radius 3 is 2.21 bits per heavy atom. The summed E-state index contributed by atoms with van der Waals surface area (Å²) in [7, 11) is 4.58. The van der Waals surface area contributed by atoms with Gasteiger partial charge in [-0.2, -0.15) is 0 Å². The number of fused-ring (bicyclic) bond motifs is 1. The molecule has 6 nitrogen and oxygen atoms in total. The molecule has 0 amide bonds. The van der Waals surface area contributed by atoms with Crippen LogP contribution in [0.4, 0.5) is 0 Å². The predicted molar refractivity (Wildman–Crippen MR) is 108 cm³/mol. The van der Waals surface area contributed by atoms with Gasteiger partial charge in [0.1, 0.15) is 0 Å². The van der Waals surface area contributed by atoms with Crippen molar-refractivity contribution in [2.75, 3.05) is 21.3 Å². The third-order valence-electron chi connectivity index (χ3n) is 4.75. The second kappa shape index (κ2) is 7.15. The number of hydrogen-bond donors (Lipinski definition) is 2. The third-order valence-corrected chi connectivity index (χ3v) is 4.75. The highest BCUT2D eigenvalue weighted by Crippen LogP contribution is 2.39. The summed E-state index contributed by atoms with van der Waals surface area (Å²) < 4.78 is 16.0. The first kappa shape index (κ1) is 17.7. The van der Waals surface area contributed by atoms with Crippen LogP contribution in [0.1, 0.15) is 15.9 Å². The van der Waals surface area contributed by atoms with Crippen LogP contribution in [0, 0.1) is 0 Å². The van der Waals surface area contributed by atoms with Crippen LogP contribution in [0.25, 0.3) is 22.2 Å². The van der Waals surface area contributed by atoms with E-state index in [0.29, 0.717) is 28.4 Å². The summed E-state index contributed by atoms with van der Waals surface area (Å²) in [6.45, 7) is 0. The maximum absolute atomic E-state index is 13.0. The smallest absolute Gasteiger partial charge is 0.203 e. The van der Waals surface area contributed by atoms with E-state index in [-0.39, 0.29) is 5.78 Å². The number of nitrogens with one attached hydrogen (secondary N) is 2. The van der Waals surface area contributed by atoms with Crippen LogP contribution in [0.15, 0.2) is 54.9 Å². The van der Waals surface area contributed by atoms with Crippen molar-refractivity contribution >= 4 is 16.7 Å². The van der Waals surface area contributed by atoms with Crippen LogP contribution in [-0.4, -0.2) is 37.1 Å². The highest BCUT2D eigenvalue weighted by atomic mass is 16.5. The van der Waals surface area contributed by atoms with E-state index in [2.05, 4.69) is 9.97 Å². The summed E-state index contributed by atoms with van der Waals surface area (Å²) in [5.74, 6) is 1.20. The number of para-hydroxylation sites is 1. The fraction of sp³-hybridized carbons (Fsp3) is 0.136. The highest BCUT2D eigenvalue weighted by Gasteiger charge is 2.19. The first-order chi connectivity index (χ1) is 13.7. The van der Waals surface area contributed by atoms with Gasteiger partial charge in [-0.05, 0) is 24.3 Å². The molecule has 28 heavy (non-hydrogen) atoms. The number of ether oxygens (including phenoxy) is 3. The van der Waals surface area contributed by atoms with Crippen LogP contribution in [0.5, 0.6) is 17.2 Å². The molecule has 142 valence electrons. The highest BCUT2D eigenvalue weighted by molar-refractivity contribution is 6.10. The Morgan fingerprint density at radius 2 is 1.54 bits per heavy atom. The van der Waals surface area contributed by atoms with Crippen LogP contribution in [0.2, 0.25) is 0 Å². The monoisotopic (exact) mass is 376 g/mol. The Hall–Kier alpha value is -3.67. The van der Waals surface area contributed by atoms with Crippen molar-refractivity contribution < 1.29 is 19.0 Å². The lowest BCUT2D eigenvalue weighted by Crippen LogP contribution is -2.03. The van der Waals surface area contributed by atoms with Crippen LogP contribution >= 0.6 is 0 Å². The maximum atomic E-state index is 13.0. The minimum Gasteiger partial charge on any atom is -0.493 e. The number of carbonyl (C=O) groups excluding carboxylic acids is 1. The lowest BCUT2D eigenvalue weighted by molar-refractivity contribution is 0.103. The number of H-pyrrole nitrogens is 2. The number of aromatic nitrogens is 2. The average Bonchev–Trinajstić information content (AvgIpc) is 3.38. The van der Waals surface area contributed by atoms with Crippen LogP contribution < -0.4 is 14.2 Å². The number of hydrogen-bond acceptors (Lipinski definition) is 4. The van der Waals surface area contributed by atoms with Gasteiger partial charge < -0.3 is 24.2 Å². The molecule has 0 aliphatic heterocycles. The Balaban J connectivity index is 1.72. The summed E-state index contributed by atoms with van der Waals surface area (Å²) >= 11 is 0. The number of rotatable bonds is 6. The molecule has 0 saturated heterocycles. The molecule has 2 aromatic carbocycles. The number of ketones is 1. The summed E-state index contributed by atoms with van der Waals surface area (Å²) in [4.78, 5) is 19.5. The zero-order valence-corrected chi connectivity index (χ0v) is 15.8. The Labute approximate surface area is 162 Å². The van der Waals surface area contributed by atoms with Gasteiger partial charge >= 0.3 is 0 Å². The minimum absolute atomic E-state index is 0.137. The number of aromatic amines is 2. The van der Waals surface area contributed by atoms with E-state index in [4.69, 9.17) is 14.2 Å². The SMILES string of the molecule is COc1cc(C(=O)c2c[nH]c(-c3c[nH]c4ccccc34)c2)cc(OC)c1OC. The summed E-state index contributed by atoms with van der Waals surface area (Å²) in [5, 5.41) is 1.09. The second-order valence-electron chi connectivity index (χ2n) is 6.29. The third kappa shape index (κ3) is 2.89. The molecular weight excluding hydrogens is 356 g/mol. The molecule has 2 heterocycles. The van der Waals surface area contributed by atoms with Gasteiger partial charge in [0.15, 0.2) is 17.3 Å². The van der Waals surface area contributed by atoms with E-state index >= 15 is 0 Å². The van der Waals surface area contributed by atoms with Crippen molar-refractivity contribution in [3.63, 3.8) is 0 Å². The molecule has 0 aliphatic carbocycles. The molecule has 4 aromatic rings. The summed E-state index contributed by atoms with van der Waals surface area (Å²) in [6, 6.07) is 13.2. The molecule has 0 unspecified atom stereocenters. The molecule has 2 aromatic heterocycles. The van der Waals surface area contributed by atoms with Gasteiger partial charge in [-0.25, -0.2) is 0 Å². The van der Waals surface area contributed by atoms with Gasteiger partial charge in [0.2, 0.25) is 5.75 Å². The van der Waals surface area contributed by atoms with Gasteiger partial charge in [0, 0.05) is 45.7 Å². The van der Waals surface area contributed by atoms with E-state index in [1.807, 2.05) is 36.5 Å². The summed E-state index contributed by atoms with van der Waals surface area (Å²) in [5.41, 5.74) is 3.94. The predicted octanol–water partition coefficient (Wildman–Crippen LogP) is 4.42. The lowest BCUT2D eigenvalue weighted by atomic mass is 10.0. The molecular formula is C22H20N2O4. The average molecular weight is 376 g/mol. The largest absolute Gasteiger partial charge is 0.493 e. The van der Waals surface area contributed by atoms with Gasteiger partial charge in [0.05, 0.1) is 21.3 Å². The van der Waals surface area contributed by atoms with Crippen molar-refractivity contribution in [2.24, 2.45) is 0 Å². The van der Waals surface area contributed by atoms with E-state index in [1.165, 1.54) is 21.3 Å². The number of benzene rings is 2. The Bertz CT molecular complexity index is 1130.